The molecule has 2 aromatic rings. The molecule has 5 nitrogen and oxygen atoms in total. The summed E-state index contributed by atoms with van der Waals surface area (Å²) >= 11 is 1.42. The molecule has 0 radical (unpaired) electrons. The van der Waals surface area contributed by atoms with Gasteiger partial charge in [0.05, 0.1) is 17.7 Å². The molecule has 2 rings (SSSR count). The topological polar surface area (TPSA) is 68.3 Å². The van der Waals surface area contributed by atoms with E-state index in [1.165, 1.54) is 11.8 Å². The normalized spacial score (nSPS) is 10.2. The van der Waals surface area contributed by atoms with Gasteiger partial charge in [-0.15, -0.1) is 11.8 Å². The molecular formula is C17H18N2O3S. The van der Waals surface area contributed by atoms with Crippen LogP contribution in [0.15, 0.2) is 47.6 Å². The van der Waals surface area contributed by atoms with E-state index in [0.29, 0.717) is 28.4 Å². The van der Waals surface area contributed by atoms with Gasteiger partial charge in [0.25, 0.3) is 5.91 Å². The van der Waals surface area contributed by atoms with E-state index in [1.54, 1.807) is 42.6 Å². The Bertz CT molecular complexity index is 686. The van der Waals surface area contributed by atoms with Crippen LogP contribution in [0.4, 0.5) is 5.69 Å². The molecule has 23 heavy (non-hydrogen) atoms. The van der Waals surface area contributed by atoms with Crippen molar-refractivity contribution in [2.45, 2.75) is 18.4 Å². The van der Waals surface area contributed by atoms with Crippen molar-refractivity contribution in [3.63, 3.8) is 0 Å². The van der Waals surface area contributed by atoms with Gasteiger partial charge in [-0.25, -0.2) is 9.78 Å². The maximum atomic E-state index is 12.3. The average Bonchev–Trinajstić information content (AvgIpc) is 2.60. The van der Waals surface area contributed by atoms with Gasteiger partial charge in [0.2, 0.25) is 0 Å². The van der Waals surface area contributed by atoms with Gasteiger partial charge in [0.15, 0.2) is 0 Å². The van der Waals surface area contributed by atoms with Crippen LogP contribution < -0.4 is 5.32 Å². The minimum atomic E-state index is -0.360. The number of anilines is 1. The van der Waals surface area contributed by atoms with E-state index in [1.807, 2.05) is 13.2 Å². The van der Waals surface area contributed by atoms with Gasteiger partial charge in [-0.3, -0.25) is 4.79 Å². The maximum absolute atomic E-state index is 12.3. The number of esters is 1. The lowest BCUT2D eigenvalue weighted by Gasteiger charge is -2.08. The zero-order chi connectivity index (χ0) is 16.7. The van der Waals surface area contributed by atoms with Crippen LogP contribution in [0.5, 0.6) is 0 Å². The molecule has 0 saturated heterocycles. The summed E-state index contributed by atoms with van der Waals surface area (Å²) in [7, 11) is 0. The summed E-state index contributed by atoms with van der Waals surface area (Å²) in [5, 5.41) is 3.47. The number of pyridine rings is 1. The summed E-state index contributed by atoms with van der Waals surface area (Å²) < 4.78 is 5.06. The highest BCUT2D eigenvalue weighted by Gasteiger charge is 2.12. The molecule has 0 aliphatic rings. The Morgan fingerprint density at radius 3 is 2.61 bits per heavy atom. The number of nitrogens with one attached hydrogen (secondary N) is 1. The third-order valence-electron chi connectivity index (χ3n) is 3.02. The number of nitrogens with zero attached hydrogens (tertiary/aromatic N) is 1. The molecule has 1 aromatic carbocycles. The van der Waals surface area contributed by atoms with Crippen LogP contribution in [0, 0.1) is 0 Å². The van der Waals surface area contributed by atoms with E-state index in [9.17, 15) is 9.59 Å². The predicted octanol–water partition coefficient (Wildman–Crippen LogP) is 3.62. The number of hydrogen-bond donors (Lipinski definition) is 1. The van der Waals surface area contributed by atoms with Crippen molar-refractivity contribution in [3.8, 4) is 0 Å². The smallest absolute Gasteiger partial charge is 0.338 e. The second-order valence-corrected chi connectivity index (χ2v) is 5.52. The van der Waals surface area contributed by atoms with Crippen LogP contribution in [0.25, 0.3) is 0 Å². The van der Waals surface area contributed by atoms with Crippen LogP contribution >= 0.6 is 11.8 Å². The third kappa shape index (κ3) is 4.56. The minimum Gasteiger partial charge on any atom is -0.462 e. The van der Waals surface area contributed by atoms with Gasteiger partial charge < -0.3 is 10.1 Å². The fourth-order valence-electron chi connectivity index (χ4n) is 1.89. The monoisotopic (exact) mass is 330 g/mol. The first kappa shape index (κ1) is 17.0. The Hall–Kier alpha value is -2.34. The van der Waals surface area contributed by atoms with E-state index < -0.39 is 0 Å². The molecule has 120 valence electrons. The van der Waals surface area contributed by atoms with Crippen molar-refractivity contribution >= 4 is 29.3 Å². The number of aromatic nitrogens is 1. The Morgan fingerprint density at radius 2 is 1.96 bits per heavy atom. The molecule has 0 unspecified atom stereocenters. The molecular weight excluding hydrogens is 312 g/mol. The molecule has 1 heterocycles. The van der Waals surface area contributed by atoms with Crippen molar-refractivity contribution < 1.29 is 14.3 Å². The largest absolute Gasteiger partial charge is 0.462 e. The number of carbonyl (C=O) groups excluding carboxylic acids is 2. The first-order valence-electron chi connectivity index (χ1n) is 7.23. The predicted molar refractivity (Wildman–Crippen MR) is 91.0 cm³/mol. The van der Waals surface area contributed by atoms with Gasteiger partial charge in [-0.05, 0) is 49.1 Å². The summed E-state index contributed by atoms with van der Waals surface area (Å²) in [4.78, 5) is 28.2. The number of benzene rings is 1. The SMILES string of the molecule is CCCOC(=O)c1ccc(NC(=O)c2cccnc2SC)cc1. The van der Waals surface area contributed by atoms with Crippen LogP contribution in [0.3, 0.4) is 0 Å². The van der Waals surface area contributed by atoms with E-state index in [2.05, 4.69) is 10.3 Å². The third-order valence-corrected chi connectivity index (χ3v) is 3.74. The second kappa shape index (κ2) is 8.33. The summed E-state index contributed by atoms with van der Waals surface area (Å²) in [5.74, 6) is -0.592. The summed E-state index contributed by atoms with van der Waals surface area (Å²) in [6.45, 7) is 2.34. The number of amides is 1. The molecule has 6 heteroatoms. The molecule has 0 aliphatic carbocycles. The zero-order valence-electron chi connectivity index (χ0n) is 13.0. The number of carbonyl (C=O) groups is 2. The van der Waals surface area contributed by atoms with Crippen molar-refractivity contribution in [2.24, 2.45) is 0 Å². The van der Waals surface area contributed by atoms with Gasteiger partial charge in [0, 0.05) is 11.9 Å². The molecule has 1 aromatic heterocycles. The Kier molecular flexibility index (Phi) is 6.17. The lowest BCUT2D eigenvalue weighted by atomic mass is 10.2. The fraction of sp³-hybridized carbons (Fsp3) is 0.235. The van der Waals surface area contributed by atoms with Crippen molar-refractivity contribution in [1.82, 2.24) is 4.98 Å². The van der Waals surface area contributed by atoms with Crippen molar-refractivity contribution in [1.29, 1.82) is 0 Å². The highest BCUT2D eigenvalue weighted by molar-refractivity contribution is 7.98. The Balaban J connectivity index is 2.06. The molecule has 0 saturated carbocycles. The molecule has 1 N–H and O–H groups in total. The average molecular weight is 330 g/mol. The maximum Gasteiger partial charge on any atom is 0.338 e. The minimum absolute atomic E-state index is 0.233. The van der Waals surface area contributed by atoms with E-state index >= 15 is 0 Å². The lowest BCUT2D eigenvalue weighted by molar-refractivity contribution is 0.0505. The molecule has 1 amide bonds. The van der Waals surface area contributed by atoms with Gasteiger partial charge in [-0.2, -0.15) is 0 Å². The van der Waals surface area contributed by atoms with Crippen LogP contribution in [0.1, 0.15) is 34.1 Å². The van der Waals surface area contributed by atoms with Crippen LogP contribution in [0.2, 0.25) is 0 Å². The van der Waals surface area contributed by atoms with Crippen LogP contribution in [-0.4, -0.2) is 29.7 Å². The van der Waals surface area contributed by atoms with E-state index in [-0.39, 0.29) is 11.9 Å². The number of thioether (sulfide) groups is 1. The molecule has 0 bridgehead atoms. The highest BCUT2D eigenvalue weighted by Crippen LogP contribution is 2.19. The molecule has 0 atom stereocenters. The fourth-order valence-corrected chi connectivity index (χ4v) is 2.44. The molecule has 0 fully saturated rings. The Labute approximate surface area is 139 Å². The van der Waals surface area contributed by atoms with Crippen LogP contribution in [-0.2, 0) is 4.74 Å². The summed E-state index contributed by atoms with van der Waals surface area (Å²) in [6, 6.07) is 10.1. The Morgan fingerprint density at radius 1 is 1.22 bits per heavy atom. The quantitative estimate of drug-likeness (QED) is 0.647. The lowest BCUT2D eigenvalue weighted by Crippen LogP contribution is -2.13. The van der Waals surface area contributed by atoms with Gasteiger partial charge in [0.1, 0.15) is 5.03 Å². The van der Waals surface area contributed by atoms with Crippen molar-refractivity contribution in [3.05, 3.63) is 53.7 Å². The first-order chi connectivity index (χ1) is 11.2. The molecule has 0 aliphatic heterocycles. The summed E-state index contributed by atoms with van der Waals surface area (Å²) in [5.41, 5.74) is 1.59. The zero-order valence-corrected chi connectivity index (χ0v) is 13.9. The number of ether oxygens (including phenoxy) is 1. The first-order valence-corrected chi connectivity index (χ1v) is 8.45. The van der Waals surface area contributed by atoms with E-state index in [0.717, 1.165) is 6.42 Å². The highest BCUT2D eigenvalue weighted by atomic mass is 32.2. The van der Waals surface area contributed by atoms with E-state index in [4.69, 9.17) is 4.74 Å². The molecule has 0 spiro atoms. The summed E-state index contributed by atoms with van der Waals surface area (Å²) in [6.07, 6.45) is 4.30. The number of hydrogen-bond acceptors (Lipinski definition) is 5. The van der Waals surface area contributed by atoms with Gasteiger partial charge in [-0.1, -0.05) is 6.92 Å². The second-order valence-electron chi connectivity index (χ2n) is 4.73. The van der Waals surface area contributed by atoms with Gasteiger partial charge >= 0.3 is 5.97 Å². The number of rotatable bonds is 6. The van der Waals surface area contributed by atoms with Crippen molar-refractivity contribution in [2.75, 3.05) is 18.2 Å². The standard InChI is InChI=1S/C17H18N2O3S/c1-3-11-22-17(21)12-6-8-13(9-7-12)19-15(20)14-5-4-10-18-16(14)23-2/h4-10H,3,11H2,1-2H3,(H,19,20).